The lowest BCUT2D eigenvalue weighted by Gasteiger charge is -2.25. The minimum absolute atomic E-state index is 0.583. The fourth-order valence-electron chi connectivity index (χ4n) is 4.12. The molecule has 0 aliphatic heterocycles. The van der Waals surface area contributed by atoms with Crippen molar-refractivity contribution < 1.29 is 0 Å². The van der Waals surface area contributed by atoms with Gasteiger partial charge in [-0.15, -0.1) is 0 Å². The maximum Gasteiger partial charge on any atom is 0.0991 e. The average Bonchev–Trinajstić information content (AvgIpc) is 2.67. The molecule has 0 N–H and O–H groups in total. The van der Waals surface area contributed by atoms with Crippen LogP contribution in [0.4, 0.5) is 0 Å². The van der Waals surface area contributed by atoms with E-state index in [0.29, 0.717) is 5.92 Å². The summed E-state index contributed by atoms with van der Waals surface area (Å²) in [7, 11) is 0. The second-order valence-electron chi connectivity index (χ2n) is 7.23. The van der Waals surface area contributed by atoms with Crippen molar-refractivity contribution in [2.24, 2.45) is 0 Å². The Morgan fingerprint density at radius 2 is 1.80 bits per heavy atom. The van der Waals surface area contributed by atoms with Crippen LogP contribution in [0.15, 0.2) is 54.6 Å². The molecule has 0 aromatic heterocycles. The van der Waals surface area contributed by atoms with Crippen molar-refractivity contribution in [1.29, 1.82) is 5.26 Å². The van der Waals surface area contributed by atoms with Gasteiger partial charge in [0, 0.05) is 0 Å². The lowest BCUT2D eigenvalue weighted by Crippen LogP contribution is -2.13. The van der Waals surface area contributed by atoms with Gasteiger partial charge in [-0.2, -0.15) is 5.26 Å². The van der Waals surface area contributed by atoms with Crippen LogP contribution in [-0.4, -0.2) is 0 Å². The summed E-state index contributed by atoms with van der Waals surface area (Å²) < 4.78 is 0. The topological polar surface area (TPSA) is 23.8 Å². The Bertz CT molecular complexity index is 961. The Morgan fingerprint density at radius 1 is 0.960 bits per heavy atom. The van der Waals surface area contributed by atoms with Crippen LogP contribution in [0.5, 0.6) is 0 Å². The molecule has 0 saturated carbocycles. The van der Waals surface area contributed by atoms with Crippen molar-refractivity contribution in [2.45, 2.75) is 44.9 Å². The van der Waals surface area contributed by atoms with E-state index in [9.17, 15) is 0 Å². The molecule has 0 amide bonds. The summed E-state index contributed by atoms with van der Waals surface area (Å²) in [4.78, 5) is 0. The third-order valence-electron chi connectivity index (χ3n) is 5.50. The molecule has 0 saturated heterocycles. The summed E-state index contributed by atoms with van der Waals surface area (Å²) in [5.41, 5.74) is 6.44. The predicted octanol–water partition coefficient (Wildman–Crippen LogP) is 5.94. The molecule has 0 spiro atoms. The fraction of sp³-hybridized carbons (Fsp3) is 0.292. The molecule has 1 aliphatic rings. The molecule has 3 aromatic rings. The van der Waals surface area contributed by atoms with E-state index in [-0.39, 0.29) is 0 Å². The fourth-order valence-corrected chi connectivity index (χ4v) is 4.12. The van der Waals surface area contributed by atoms with Gasteiger partial charge < -0.3 is 0 Å². The van der Waals surface area contributed by atoms with Crippen LogP contribution in [-0.2, 0) is 19.3 Å². The summed E-state index contributed by atoms with van der Waals surface area (Å²) in [5.74, 6) is 0.583. The predicted molar refractivity (Wildman–Crippen MR) is 104 cm³/mol. The van der Waals surface area contributed by atoms with E-state index in [2.05, 4.69) is 61.5 Å². The molecule has 0 radical (unpaired) electrons. The van der Waals surface area contributed by atoms with Crippen molar-refractivity contribution in [3.05, 3.63) is 82.4 Å². The van der Waals surface area contributed by atoms with Crippen LogP contribution in [0.3, 0.4) is 0 Å². The van der Waals surface area contributed by atoms with E-state index in [0.717, 1.165) is 24.8 Å². The summed E-state index contributed by atoms with van der Waals surface area (Å²) in [6.07, 6.45) is 5.67. The van der Waals surface area contributed by atoms with Gasteiger partial charge in [0.1, 0.15) is 0 Å². The van der Waals surface area contributed by atoms with Gasteiger partial charge in [-0.3, -0.25) is 0 Å². The maximum atomic E-state index is 9.07. The average molecular weight is 325 g/mol. The Labute approximate surface area is 149 Å². The molecule has 1 unspecified atom stereocenters. The Morgan fingerprint density at radius 3 is 2.64 bits per heavy atom. The molecular weight excluding hydrogens is 302 g/mol. The third kappa shape index (κ3) is 3.17. The molecule has 1 heteroatoms. The SMILES string of the molecule is CCCc1ccc2cc(C3CCc4cc(C#N)ccc4C3)ccc2c1. The number of hydrogen-bond acceptors (Lipinski definition) is 1. The molecule has 124 valence electrons. The summed E-state index contributed by atoms with van der Waals surface area (Å²) in [6.45, 7) is 2.23. The highest BCUT2D eigenvalue weighted by atomic mass is 14.3. The van der Waals surface area contributed by atoms with E-state index in [1.165, 1.54) is 45.9 Å². The number of nitrogens with zero attached hydrogens (tertiary/aromatic N) is 1. The van der Waals surface area contributed by atoms with Gasteiger partial charge in [-0.1, -0.05) is 55.8 Å². The Hall–Kier alpha value is -2.59. The van der Waals surface area contributed by atoms with E-state index in [1.54, 1.807) is 0 Å². The second-order valence-corrected chi connectivity index (χ2v) is 7.23. The van der Waals surface area contributed by atoms with Gasteiger partial charge in [0.25, 0.3) is 0 Å². The summed E-state index contributed by atoms with van der Waals surface area (Å²) in [6, 6.07) is 22.3. The van der Waals surface area contributed by atoms with Crippen LogP contribution in [0.25, 0.3) is 10.8 Å². The number of nitriles is 1. The van der Waals surface area contributed by atoms with Crippen molar-refractivity contribution in [3.63, 3.8) is 0 Å². The number of hydrogen-bond donors (Lipinski definition) is 0. The monoisotopic (exact) mass is 325 g/mol. The van der Waals surface area contributed by atoms with Crippen molar-refractivity contribution in [3.8, 4) is 6.07 Å². The highest BCUT2D eigenvalue weighted by molar-refractivity contribution is 5.84. The second kappa shape index (κ2) is 6.73. The van der Waals surface area contributed by atoms with Crippen molar-refractivity contribution in [1.82, 2.24) is 0 Å². The van der Waals surface area contributed by atoms with E-state index >= 15 is 0 Å². The molecule has 25 heavy (non-hydrogen) atoms. The minimum atomic E-state index is 0.583. The maximum absolute atomic E-state index is 9.07. The molecule has 4 rings (SSSR count). The normalized spacial score (nSPS) is 16.4. The van der Waals surface area contributed by atoms with Gasteiger partial charge in [0.15, 0.2) is 0 Å². The van der Waals surface area contributed by atoms with Crippen LogP contribution in [0.1, 0.15) is 53.5 Å². The molecule has 3 aromatic carbocycles. The molecule has 1 atom stereocenters. The van der Waals surface area contributed by atoms with Gasteiger partial charge in [-0.05, 0) is 76.8 Å². The van der Waals surface area contributed by atoms with E-state index in [4.69, 9.17) is 5.26 Å². The first-order valence-corrected chi connectivity index (χ1v) is 9.31. The van der Waals surface area contributed by atoms with Crippen molar-refractivity contribution in [2.75, 3.05) is 0 Å². The van der Waals surface area contributed by atoms with Crippen LogP contribution < -0.4 is 0 Å². The lowest BCUT2D eigenvalue weighted by atomic mass is 9.79. The Balaban J connectivity index is 1.61. The first-order chi connectivity index (χ1) is 12.3. The first-order valence-electron chi connectivity index (χ1n) is 9.31. The molecular formula is C24H23N. The molecule has 1 nitrogen and oxygen atoms in total. The minimum Gasteiger partial charge on any atom is -0.192 e. The first kappa shape index (κ1) is 15.9. The van der Waals surface area contributed by atoms with Crippen LogP contribution >= 0.6 is 0 Å². The largest absolute Gasteiger partial charge is 0.192 e. The summed E-state index contributed by atoms with van der Waals surface area (Å²) in [5, 5.41) is 11.8. The molecule has 0 heterocycles. The number of fused-ring (bicyclic) bond motifs is 2. The van der Waals surface area contributed by atoms with E-state index in [1.807, 2.05) is 6.07 Å². The van der Waals surface area contributed by atoms with Gasteiger partial charge in [0.05, 0.1) is 11.6 Å². The standard InChI is InChI=1S/C24H23N/c1-2-3-17-4-6-21-14-23(10-8-19(21)12-17)24-11-9-20-13-18(16-25)5-7-22(20)15-24/h4-8,10,12-14,24H,2-3,9,11,15H2,1H3. The van der Waals surface area contributed by atoms with Gasteiger partial charge >= 0.3 is 0 Å². The highest BCUT2D eigenvalue weighted by Gasteiger charge is 2.20. The number of aryl methyl sites for hydroxylation is 2. The summed E-state index contributed by atoms with van der Waals surface area (Å²) >= 11 is 0. The van der Waals surface area contributed by atoms with Gasteiger partial charge in [-0.25, -0.2) is 0 Å². The quantitative estimate of drug-likeness (QED) is 0.585. The number of benzene rings is 3. The highest BCUT2D eigenvalue weighted by Crippen LogP contribution is 2.34. The van der Waals surface area contributed by atoms with Crippen LogP contribution in [0, 0.1) is 11.3 Å². The lowest BCUT2D eigenvalue weighted by molar-refractivity contribution is 0.585. The zero-order valence-corrected chi connectivity index (χ0v) is 14.8. The smallest absolute Gasteiger partial charge is 0.0991 e. The molecule has 0 fully saturated rings. The molecule has 1 aliphatic carbocycles. The van der Waals surface area contributed by atoms with Gasteiger partial charge in [0.2, 0.25) is 0 Å². The zero-order chi connectivity index (χ0) is 17.2. The zero-order valence-electron chi connectivity index (χ0n) is 14.8. The third-order valence-corrected chi connectivity index (χ3v) is 5.50. The Kier molecular flexibility index (Phi) is 4.28. The van der Waals surface area contributed by atoms with E-state index < -0.39 is 0 Å². The van der Waals surface area contributed by atoms with Crippen molar-refractivity contribution >= 4 is 10.8 Å². The molecule has 0 bridgehead atoms. The number of rotatable bonds is 3. The van der Waals surface area contributed by atoms with Crippen LogP contribution in [0.2, 0.25) is 0 Å².